The van der Waals surface area contributed by atoms with E-state index in [1.165, 1.54) is 6.92 Å². The van der Waals surface area contributed by atoms with Gasteiger partial charge in [0.2, 0.25) is 0 Å². The Morgan fingerprint density at radius 3 is 2.56 bits per heavy atom. The molecule has 0 rings (SSSR count). The molecule has 0 radical (unpaired) electrons. The van der Waals surface area contributed by atoms with Crippen molar-refractivity contribution in [2.45, 2.75) is 13.3 Å². The maximum absolute atomic E-state index is 10.1. The number of carbonyl (C=O) groups is 1. The fourth-order valence-electron chi connectivity index (χ4n) is 0.299. The van der Waals surface area contributed by atoms with Gasteiger partial charge in [0.05, 0.1) is 6.61 Å². The number of hydrogen-bond donors (Lipinski definition) is 1. The van der Waals surface area contributed by atoms with E-state index in [-0.39, 0.29) is 35.5 Å². The van der Waals surface area contributed by atoms with Crippen LogP contribution in [0.1, 0.15) is 13.3 Å². The third-order valence-electron chi connectivity index (χ3n) is 0.654. The van der Waals surface area contributed by atoms with E-state index in [1.807, 2.05) is 0 Å². The number of hydrogen-bond acceptors (Lipinski definition) is 3. The van der Waals surface area contributed by atoms with E-state index in [2.05, 4.69) is 4.74 Å². The van der Waals surface area contributed by atoms with Gasteiger partial charge in [0, 0.05) is 6.92 Å². The average molecular weight is 141 g/mol. The van der Waals surface area contributed by atoms with Crippen molar-refractivity contribution >= 4 is 35.5 Å². The van der Waals surface area contributed by atoms with Gasteiger partial charge in [-0.1, -0.05) is 0 Å². The van der Waals surface area contributed by atoms with Gasteiger partial charge >= 0.3 is 35.5 Å². The van der Waals surface area contributed by atoms with Crippen molar-refractivity contribution in [3.8, 4) is 0 Å². The van der Waals surface area contributed by atoms with Crippen molar-refractivity contribution in [1.82, 2.24) is 0 Å². The van der Waals surface area contributed by atoms with E-state index in [0.717, 1.165) is 6.42 Å². The normalized spacial score (nSPS) is 7.78. The molecular weight excluding hydrogens is 129 g/mol. The molecule has 3 nitrogen and oxygen atoms in total. The van der Waals surface area contributed by atoms with Crippen LogP contribution in [0.15, 0.2) is 0 Å². The predicted molar refractivity (Wildman–Crippen MR) is 37.5 cm³/mol. The molecule has 0 amide bonds. The number of ether oxygens (including phenoxy) is 1. The van der Waals surface area contributed by atoms with Gasteiger partial charge in [-0.15, -0.1) is 0 Å². The molecule has 0 aliphatic carbocycles. The Labute approximate surface area is 77.2 Å². The molecule has 0 aromatic heterocycles. The molecule has 50 valence electrons. The molecule has 0 aromatic carbocycles. The number of carbonyl (C=O) groups excluding carboxylic acids is 1. The van der Waals surface area contributed by atoms with Crippen LogP contribution in [0.4, 0.5) is 0 Å². The van der Waals surface area contributed by atoms with Crippen LogP contribution in [0, 0.1) is 0 Å². The quantitative estimate of drug-likeness (QED) is 0.319. The summed E-state index contributed by atoms with van der Waals surface area (Å²) in [6.45, 7) is 2.41. The Bertz CT molecular complexity index is 77.4. The van der Waals surface area contributed by atoms with Crippen molar-refractivity contribution in [2.24, 2.45) is 5.73 Å². The molecule has 0 spiro atoms. The van der Waals surface area contributed by atoms with Crippen molar-refractivity contribution in [1.29, 1.82) is 0 Å². The van der Waals surface area contributed by atoms with Gasteiger partial charge in [-0.25, -0.2) is 0 Å². The first-order valence-electron chi connectivity index (χ1n) is 2.61. The first-order valence-corrected chi connectivity index (χ1v) is 2.61. The molecule has 0 saturated carbocycles. The van der Waals surface area contributed by atoms with E-state index in [0.29, 0.717) is 13.2 Å². The molecule has 0 fully saturated rings. The van der Waals surface area contributed by atoms with Gasteiger partial charge < -0.3 is 10.5 Å². The van der Waals surface area contributed by atoms with E-state index in [1.54, 1.807) is 0 Å². The topological polar surface area (TPSA) is 52.3 Å². The molecular formula is C5H12NNaO2. The van der Waals surface area contributed by atoms with Gasteiger partial charge in [-0.2, -0.15) is 0 Å². The minimum atomic E-state index is -0.238. The maximum atomic E-state index is 10.1. The fraction of sp³-hybridized carbons (Fsp3) is 0.800. The molecule has 0 heterocycles. The van der Waals surface area contributed by atoms with Crippen LogP contribution >= 0.6 is 0 Å². The van der Waals surface area contributed by atoms with E-state index in [4.69, 9.17) is 5.73 Å². The molecule has 2 N–H and O–H groups in total. The average Bonchev–Trinajstić information content (AvgIpc) is 1.66. The predicted octanol–water partition coefficient (Wildman–Crippen LogP) is -0.750. The van der Waals surface area contributed by atoms with Crippen LogP contribution in [0.3, 0.4) is 0 Å². The van der Waals surface area contributed by atoms with Gasteiger partial charge in [-0.3, -0.25) is 4.79 Å². The zero-order chi connectivity index (χ0) is 6.41. The van der Waals surface area contributed by atoms with Crippen LogP contribution in [0.25, 0.3) is 0 Å². The first kappa shape index (κ1) is 12.1. The fourth-order valence-corrected chi connectivity index (χ4v) is 0.299. The minimum absolute atomic E-state index is 0. The molecule has 0 aliphatic rings. The van der Waals surface area contributed by atoms with Crippen LogP contribution < -0.4 is 5.73 Å². The second-order valence-corrected chi connectivity index (χ2v) is 1.48. The Morgan fingerprint density at radius 1 is 1.67 bits per heavy atom. The summed E-state index contributed by atoms with van der Waals surface area (Å²) in [4.78, 5) is 10.1. The van der Waals surface area contributed by atoms with Crippen molar-refractivity contribution < 1.29 is 9.53 Å². The van der Waals surface area contributed by atoms with Gasteiger partial charge in [-0.05, 0) is 13.0 Å². The van der Waals surface area contributed by atoms with Gasteiger partial charge in [0.1, 0.15) is 0 Å². The van der Waals surface area contributed by atoms with Crippen molar-refractivity contribution in [3.05, 3.63) is 0 Å². The summed E-state index contributed by atoms with van der Waals surface area (Å²) in [7, 11) is 0. The van der Waals surface area contributed by atoms with E-state index < -0.39 is 0 Å². The Kier molecular flexibility index (Phi) is 11.4. The molecule has 4 heteroatoms. The summed E-state index contributed by atoms with van der Waals surface area (Å²) >= 11 is 0. The summed E-state index contributed by atoms with van der Waals surface area (Å²) in [6.07, 6.45) is 0.750. The number of esters is 1. The molecule has 0 bridgehead atoms. The summed E-state index contributed by atoms with van der Waals surface area (Å²) in [5.41, 5.74) is 5.12. The van der Waals surface area contributed by atoms with Crippen molar-refractivity contribution in [2.75, 3.05) is 13.2 Å². The number of nitrogens with two attached hydrogens (primary N) is 1. The van der Waals surface area contributed by atoms with Crippen LogP contribution in [-0.4, -0.2) is 48.7 Å². The Morgan fingerprint density at radius 2 is 2.22 bits per heavy atom. The third kappa shape index (κ3) is 11.8. The van der Waals surface area contributed by atoms with Gasteiger partial charge in [0.15, 0.2) is 0 Å². The van der Waals surface area contributed by atoms with Gasteiger partial charge in [0.25, 0.3) is 0 Å². The van der Waals surface area contributed by atoms with Crippen LogP contribution in [0.2, 0.25) is 0 Å². The molecule has 0 aromatic rings. The van der Waals surface area contributed by atoms with Crippen LogP contribution in [0.5, 0.6) is 0 Å². The monoisotopic (exact) mass is 141 g/mol. The standard InChI is InChI=1S/C5H11NO2.Na.H/c1-5(7)8-4-2-3-6;;/h2-4,6H2,1H3;;. The number of rotatable bonds is 3. The van der Waals surface area contributed by atoms with E-state index >= 15 is 0 Å². The Hall–Kier alpha value is 0.430. The van der Waals surface area contributed by atoms with E-state index in [9.17, 15) is 4.79 Å². The third-order valence-corrected chi connectivity index (χ3v) is 0.654. The first-order chi connectivity index (χ1) is 3.77. The summed E-state index contributed by atoms with van der Waals surface area (Å²) in [5.74, 6) is -0.238. The van der Waals surface area contributed by atoms with Crippen molar-refractivity contribution in [3.63, 3.8) is 0 Å². The molecule has 0 unspecified atom stereocenters. The Balaban J connectivity index is 0. The SMILES string of the molecule is CC(=O)OCCCN.[NaH]. The molecule has 0 saturated heterocycles. The molecule has 0 atom stereocenters. The van der Waals surface area contributed by atoms with Crippen LogP contribution in [-0.2, 0) is 9.53 Å². The summed E-state index contributed by atoms with van der Waals surface area (Å²) in [6, 6.07) is 0. The second kappa shape index (κ2) is 8.43. The molecule has 0 aliphatic heterocycles. The second-order valence-electron chi connectivity index (χ2n) is 1.48. The molecule has 9 heavy (non-hydrogen) atoms. The summed E-state index contributed by atoms with van der Waals surface area (Å²) in [5, 5.41) is 0. The zero-order valence-corrected chi connectivity index (χ0v) is 5.02. The summed E-state index contributed by atoms with van der Waals surface area (Å²) < 4.78 is 4.56. The zero-order valence-electron chi connectivity index (χ0n) is 5.02.